The molecule has 0 bridgehead atoms. The molecule has 20 heteroatoms. The van der Waals surface area contributed by atoms with E-state index in [1.54, 1.807) is 42.5 Å². The van der Waals surface area contributed by atoms with Gasteiger partial charge in [0.15, 0.2) is 6.10 Å². The van der Waals surface area contributed by atoms with Gasteiger partial charge in [0.05, 0.1) is 39.1 Å². The van der Waals surface area contributed by atoms with Crippen LogP contribution in [0.1, 0.15) is 45.9 Å². The van der Waals surface area contributed by atoms with Crippen LogP contribution in [0.25, 0.3) is 0 Å². The van der Waals surface area contributed by atoms with Crippen LogP contribution in [0.2, 0.25) is 0 Å². The molecule has 0 fully saturated rings. The minimum atomic E-state index is -1.34. The Labute approximate surface area is 440 Å². The molecule has 0 spiro atoms. The molecule has 5 rings (SSSR count). The maximum atomic E-state index is 12.1. The van der Waals surface area contributed by atoms with Crippen LogP contribution >= 0.6 is 0 Å². The van der Waals surface area contributed by atoms with Crippen molar-refractivity contribution in [1.29, 1.82) is 0 Å². The number of nitrogens with zero attached hydrogens (tertiary/aromatic N) is 3. The Morgan fingerprint density at radius 3 is 1.36 bits per heavy atom. The lowest BCUT2D eigenvalue weighted by molar-refractivity contribution is -0.144. The first-order valence-corrected chi connectivity index (χ1v) is 24.4. The molecule has 0 heterocycles. The largest absolute Gasteiger partial charge is 0.489 e. The highest BCUT2D eigenvalue weighted by Crippen LogP contribution is 2.29. The van der Waals surface area contributed by atoms with Gasteiger partial charge in [-0.1, -0.05) is 78.7 Å². The van der Waals surface area contributed by atoms with Gasteiger partial charge in [0.2, 0.25) is 0 Å². The molecule has 20 nitrogen and oxygen atoms in total. The van der Waals surface area contributed by atoms with E-state index in [0.717, 1.165) is 32.7 Å². The van der Waals surface area contributed by atoms with E-state index in [1.165, 1.54) is 9.80 Å². The molecule has 5 aromatic rings. The van der Waals surface area contributed by atoms with Gasteiger partial charge in [-0.2, -0.15) is 0 Å². The van der Waals surface area contributed by atoms with Crippen molar-refractivity contribution in [2.75, 3.05) is 65.6 Å². The first kappa shape index (κ1) is 58.7. The summed E-state index contributed by atoms with van der Waals surface area (Å²) in [6.45, 7) is 2.61. The van der Waals surface area contributed by atoms with E-state index in [0.29, 0.717) is 47.2 Å². The molecule has 406 valence electrons. The van der Waals surface area contributed by atoms with Crippen LogP contribution in [-0.4, -0.2) is 159 Å². The third kappa shape index (κ3) is 21.0. The zero-order valence-electron chi connectivity index (χ0n) is 42.7. The molecule has 0 saturated carbocycles. The number of carboxylic acids is 6. The van der Waals surface area contributed by atoms with Crippen LogP contribution in [0.4, 0.5) is 0 Å². The van der Waals surface area contributed by atoms with Crippen molar-refractivity contribution in [2.24, 2.45) is 0 Å². The summed E-state index contributed by atoms with van der Waals surface area (Å²) in [5.41, 5.74) is 6.00. The van der Waals surface area contributed by atoms with Gasteiger partial charge in [-0.3, -0.25) is 43.5 Å². The minimum absolute atomic E-state index is 0.0161. The second kappa shape index (κ2) is 29.6. The van der Waals surface area contributed by atoms with E-state index >= 15 is 0 Å². The summed E-state index contributed by atoms with van der Waals surface area (Å²) >= 11 is 0. The Morgan fingerprint density at radius 1 is 0.474 bits per heavy atom. The predicted octanol–water partition coefficient (Wildman–Crippen LogP) is 5.80. The molecule has 0 amide bonds. The molecule has 0 saturated heterocycles. The van der Waals surface area contributed by atoms with Crippen LogP contribution in [0.3, 0.4) is 0 Å². The SMILES string of the molecule is CCc1cc(OCc2ccc(C)cc2)ccc1OCC(COc1ccc(OCc2ccc(C)cc2)cc1CC(=O)O)Oc1ccc(CC(CN(CCN(CC(=O)O)CC(=O)O)CC(=O)O)N(CC(=O)O)CC(=O)O)cc1. The minimum Gasteiger partial charge on any atom is -0.489 e. The summed E-state index contributed by atoms with van der Waals surface area (Å²) in [5.74, 6) is -5.34. The van der Waals surface area contributed by atoms with Crippen molar-refractivity contribution in [3.8, 4) is 28.7 Å². The summed E-state index contributed by atoms with van der Waals surface area (Å²) in [7, 11) is 0. The van der Waals surface area contributed by atoms with Gasteiger partial charge in [-0.15, -0.1) is 0 Å². The number of aliphatic carboxylic acids is 6. The van der Waals surface area contributed by atoms with Crippen molar-refractivity contribution in [1.82, 2.24) is 14.7 Å². The molecule has 5 aromatic carbocycles. The highest BCUT2D eigenvalue weighted by atomic mass is 16.6. The van der Waals surface area contributed by atoms with E-state index in [2.05, 4.69) is 0 Å². The second-order valence-electron chi connectivity index (χ2n) is 18.2. The predicted molar refractivity (Wildman–Crippen MR) is 277 cm³/mol. The number of rotatable bonds is 35. The van der Waals surface area contributed by atoms with Crippen molar-refractivity contribution >= 4 is 35.8 Å². The van der Waals surface area contributed by atoms with E-state index in [1.807, 2.05) is 87.5 Å². The molecule has 0 aromatic heterocycles. The molecule has 2 unspecified atom stereocenters. The first-order chi connectivity index (χ1) is 36.3. The summed E-state index contributed by atoms with van der Waals surface area (Å²) in [6, 6.07) is 32.1. The molecule has 0 aliphatic rings. The van der Waals surface area contributed by atoms with Gasteiger partial charge in [-0.25, -0.2) is 0 Å². The molecule has 2 atom stereocenters. The molecule has 0 radical (unpaired) electrons. The van der Waals surface area contributed by atoms with Gasteiger partial charge in [0.1, 0.15) is 55.2 Å². The van der Waals surface area contributed by atoms with Gasteiger partial charge in [-0.05, 0) is 97.5 Å². The number of benzene rings is 5. The Hall–Kier alpha value is -8.20. The lowest BCUT2D eigenvalue weighted by Crippen LogP contribution is -2.51. The zero-order valence-corrected chi connectivity index (χ0v) is 42.7. The Balaban J connectivity index is 1.39. The highest BCUT2D eigenvalue weighted by Gasteiger charge is 2.28. The third-order valence-corrected chi connectivity index (χ3v) is 11.9. The molecule has 0 aliphatic heterocycles. The highest BCUT2D eigenvalue weighted by molar-refractivity contribution is 5.74. The summed E-state index contributed by atoms with van der Waals surface area (Å²) in [6.07, 6.45) is -0.555. The van der Waals surface area contributed by atoms with E-state index in [4.69, 9.17) is 23.7 Å². The van der Waals surface area contributed by atoms with E-state index in [-0.39, 0.29) is 58.0 Å². The van der Waals surface area contributed by atoms with Crippen molar-refractivity contribution in [3.63, 3.8) is 0 Å². The van der Waals surface area contributed by atoms with Crippen LogP contribution in [0.15, 0.2) is 109 Å². The van der Waals surface area contributed by atoms with Crippen molar-refractivity contribution in [3.05, 3.63) is 148 Å². The molecule has 0 aliphatic carbocycles. The topological polar surface area (TPSA) is 280 Å². The smallest absolute Gasteiger partial charge is 0.317 e. The fourth-order valence-electron chi connectivity index (χ4n) is 8.08. The molecular weight excluding hydrogens is 987 g/mol. The van der Waals surface area contributed by atoms with Crippen LogP contribution in [0, 0.1) is 13.8 Å². The second-order valence-corrected chi connectivity index (χ2v) is 18.2. The number of carboxylic acid groups (broad SMARTS) is 6. The van der Waals surface area contributed by atoms with E-state index < -0.39 is 80.7 Å². The quantitative estimate of drug-likeness (QED) is 0.0280. The number of hydrogen-bond acceptors (Lipinski definition) is 14. The van der Waals surface area contributed by atoms with Crippen LogP contribution in [-0.2, 0) is 61.2 Å². The van der Waals surface area contributed by atoms with Crippen molar-refractivity contribution in [2.45, 2.75) is 65.4 Å². The normalized spacial score (nSPS) is 12.0. The number of carbonyl (C=O) groups is 6. The summed E-state index contributed by atoms with van der Waals surface area (Å²) in [5, 5.41) is 57.9. The monoisotopic (exact) mass is 1050 g/mol. The fraction of sp³-hybridized carbons (Fsp3) is 0.357. The molecule has 6 N–H and O–H groups in total. The number of hydrogen-bond donors (Lipinski definition) is 6. The lowest BCUT2D eigenvalue weighted by atomic mass is 10.0. The van der Waals surface area contributed by atoms with Gasteiger partial charge < -0.3 is 54.3 Å². The van der Waals surface area contributed by atoms with Crippen LogP contribution < -0.4 is 23.7 Å². The summed E-state index contributed by atoms with van der Waals surface area (Å²) in [4.78, 5) is 74.7. The van der Waals surface area contributed by atoms with Gasteiger partial charge >= 0.3 is 35.8 Å². The van der Waals surface area contributed by atoms with Crippen LogP contribution in [0.5, 0.6) is 28.7 Å². The maximum absolute atomic E-state index is 12.1. The maximum Gasteiger partial charge on any atom is 0.317 e. The van der Waals surface area contributed by atoms with Crippen molar-refractivity contribution < 1.29 is 83.1 Å². The summed E-state index contributed by atoms with van der Waals surface area (Å²) < 4.78 is 31.3. The Morgan fingerprint density at radius 2 is 0.895 bits per heavy atom. The van der Waals surface area contributed by atoms with Gasteiger partial charge in [0.25, 0.3) is 0 Å². The third-order valence-electron chi connectivity index (χ3n) is 11.9. The van der Waals surface area contributed by atoms with Gasteiger partial charge in [0, 0.05) is 31.2 Å². The fourth-order valence-corrected chi connectivity index (χ4v) is 8.08. The first-order valence-electron chi connectivity index (χ1n) is 24.4. The average Bonchev–Trinajstić information content (AvgIpc) is 3.35. The number of ether oxygens (including phenoxy) is 5. The Bertz CT molecular complexity index is 2680. The molecular formula is C56H65N3O17. The zero-order chi connectivity index (χ0) is 55.1. The molecule has 76 heavy (non-hydrogen) atoms. The average molecular weight is 1050 g/mol. The lowest BCUT2D eigenvalue weighted by Gasteiger charge is -2.34. The Kier molecular flexibility index (Phi) is 22.9. The standard InChI is InChI=1S/C56H65N3O17/c1-4-42-24-46(72-33-40-9-5-37(2)6-10-40)17-19-49(42)74-35-48(36-75-50-20-18-47(25-43(50)26-51(60)61)73-34-41-11-7-38(3)8-12-41)76-45-15-13-39(14-16-45)23-44(59(31-55(68)69)32-56(70)71)27-57(28-52(62)63)21-22-58(29-53(64)65)30-54(66)67/h5-20,24-25,44,48H,4,21-23,26-36H2,1-3H3,(H,60,61)(H,62,63)(H,64,65)(H,66,67)(H,68,69)(H,70,71). The van der Waals surface area contributed by atoms with E-state index in [9.17, 15) is 59.4 Å². The number of aryl methyl sites for hydroxylation is 3.